The van der Waals surface area contributed by atoms with Gasteiger partial charge in [-0.1, -0.05) is 6.92 Å². The molecule has 0 aliphatic carbocycles. The van der Waals surface area contributed by atoms with Gasteiger partial charge in [-0.25, -0.2) is 0 Å². The molecule has 110 valence electrons. The molecule has 19 heavy (non-hydrogen) atoms. The molecule has 0 fully saturated rings. The lowest BCUT2D eigenvalue weighted by Crippen LogP contribution is -2.49. The van der Waals surface area contributed by atoms with E-state index in [1.54, 1.807) is 0 Å². The molecule has 0 saturated carbocycles. The lowest BCUT2D eigenvalue weighted by Gasteiger charge is -2.35. The quantitative estimate of drug-likeness (QED) is 0.747. The molecule has 0 aromatic carbocycles. The van der Waals surface area contributed by atoms with Crippen LogP contribution in [0.2, 0.25) is 0 Å². The average molecular weight is 267 g/mol. The lowest BCUT2D eigenvalue weighted by molar-refractivity contribution is -0.0399. The van der Waals surface area contributed by atoms with E-state index < -0.39 is 0 Å². The number of ether oxygens (including phenoxy) is 1. The number of aromatic nitrogens is 2. The first-order valence-electron chi connectivity index (χ1n) is 7.34. The average Bonchev–Trinajstić information content (AvgIpc) is 2.74. The van der Waals surface area contributed by atoms with Crippen LogP contribution < -0.4 is 5.32 Å². The minimum atomic E-state index is -0.133. The Morgan fingerprint density at radius 1 is 1.42 bits per heavy atom. The van der Waals surface area contributed by atoms with Crippen LogP contribution in [0.5, 0.6) is 0 Å². The molecule has 0 saturated heterocycles. The summed E-state index contributed by atoms with van der Waals surface area (Å²) in [6.07, 6.45) is 7.28. The van der Waals surface area contributed by atoms with E-state index in [2.05, 4.69) is 44.3 Å². The first kappa shape index (κ1) is 16.2. The summed E-state index contributed by atoms with van der Waals surface area (Å²) >= 11 is 0. The highest BCUT2D eigenvalue weighted by Crippen LogP contribution is 2.19. The summed E-state index contributed by atoms with van der Waals surface area (Å²) in [7, 11) is 1.96. The van der Waals surface area contributed by atoms with Crippen LogP contribution >= 0.6 is 0 Å². The van der Waals surface area contributed by atoms with Gasteiger partial charge in [0.05, 0.1) is 11.8 Å². The van der Waals surface area contributed by atoms with Gasteiger partial charge in [-0.2, -0.15) is 5.10 Å². The predicted octanol–water partition coefficient (Wildman–Crippen LogP) is 2.54. The number of aryl methyl sites for hydroxylation is 2. The second-order valence-electron chi connectivity index (χ2n) is 5.60. The van der Waals surface area contributed by atoms with Crippen molar-refractivity contribution in [3.05, 3.63) is 18.0 Å². The van der Waals surface area contributed by atoms with Gasteiger partial charge in [-0.15, -0.1) is 0 Å². The van der Waals surface area contributed by atoms with Gasteiger partial charge in [-0.3, -0.25) is 4.68 Å². The van der Waals surface area contributed by atoms with Crippen molar-refractivity contribution in [1.29, 1.82) is 0 Å². The minimum Gasteiger partial charge on any atom is -0.374 e. The molecule has 0 amide bonds. The lowest BCUT2D eigenvalue weighted by atomic mass is 9.93. The SMILES string of the molecule is CCCNC(CCc1cnn(C)c1)C(C)(C)OCC. The van der Waals surface area contributed by atoms with Crippen molar-refractivity contribution >= 4 is 0 Å². The Balaban J connectivity index is 2.58. The molecular formula is C15H29N3O. The minimum absolute atomic E-state index is 0.133. The molecule has 1 N–H and O–H groups in total. The summed E-state index contributed by atoms with van der Waals surface area (Å²) in [6.45, 7) is 10.4. The summed E-state index contributed by atoms with van der Waals surface area (Å²) in [6, 6.07) is 0.368. The third-order valence-electron chi connectivity index (χ3n) is 3.48. The van der Waals surface area contributed by atoms with Crippen molar-refractivity contribution in [1.82, 2.24) is 15.1 Å². The number of hydrogen-bond acceptors (Lipinski definition) is 3. The fourth-order valence-electron chi connectivity index (χ4n) is 2.40. The molecule has 4 nitrogen and oxygen atoms in total. The van der Waals surface area contributed by atoms with Crippen LogP contribution in [0, 0.1) is 0 Å². The Morgan fingerprint density at radius 3 is 2.68 bits per heavy atom. The number of nitrogens with zero attached hydrogens (tertiary/aromatic N) is 2. The standard InChI is InChI=1S/C15H29N3O/c1-6-10-16-14(15(3,4)19-7-2)9-8-13-11-17-18(5)12-13/h11-12,14,16H,6-10H2,1-5H3. The van der Waals surface area contributed by atoms with Crippen molar-refractivity contribution < 1.29 is 4.74 Å². The van der Waals surface area contributed by atoms with E-state index in [1.807, 2.05) is 17.9 Å². The fourth-order valence-corrected chi connectivity index (χ4v) is 2.40. The van der Waals surface area contributed by atoms with Crippen molar-refractivity contribution in [2.45, 2.75) is 58.6 Å². The third kappa shape index (κ3) is 5.33. The van der Waals surface area contributed by atoms with Gasteiger partial charge in [0.25, 0.3) is 0 Å². The van der Waals surface area contributed by atoms with E-state index in [0.717, 1.165) is 32.4 Å². The maximum absolute atomic E-state index is 5.90. The largest absolute Gasteiger partial charge is 0.374 e. The molecule has 1 aromatic heterocycles. The molecule has 0 aliphatic rings. The molecule has 0 bridgehead atoms. The van der Waals surface area contributed by atoms with Gasteiger partial charge < -0.3 is 10.1 Å². The Hall–Kier alpha value is -0.870. The number of nitrogens with one attached hydrogen (secondary N) is 1. The topological polar surface area (TPSA) is 39.1 Å². The molecule has 1 aromatic rings. The van der Waals surface area contributed by atoms with Crippen LogP contribution in [0.4, 0.5) is 0 Å². The molecule has 1 heterocycles. The van der Waals surface area contributed by atoms with E-state index in [-0.39, 0.29) is 5.60 Å². The van der Waals surface area contributed by atoms with E-state index in [4.69, 9.17) is 4.74 Å². The molecule has 1 unspecified atom stereocenters. The Labute approximate surface area is 117 Å². The third-order valence-corrected chi connectivity index (χ3v) is 3.48. The van der Waals surface area contributed by atoms with Gasteiger partial charge in [0, 0.05) is 25.9 Å². The second-order valence-corrected chi connectivity index (χ2v) is 5.60. The summed E-state index contributed by atoms with van der Waals surface area (Å²) < 4.78 is 7.76. The summed E-state index contributed by atoms with van der Waals surface area (Å²) in [5, 5.41) is 7.84. The van der Waals surface area contributed by atoms with Crippen LogP contribution in [-0.2, 0) is 18.2 Å². The highest BCUT2D eigenvalue weighted by atomic mass is 16.5. The Morgan fingerprint density at radius 2 is 2.16 bits per heavy atom. The highest BCUT2D eigenvalue weighted by Gasteiger charge is 2.29. The van der Waals surface area contributed by atoms with E-state index in [1.165, 1.54) is 5.56 Å². The number of hydrogen-bond donors (Lipinski definition) is 1. The Kier molecular flexibility index (Phi) is 6.52. The van der Waals surface area contributed by atoms with Crippen molar-refractivity contribution in [2.75, 3.05) is 13.2 Å². The molecule has 1 atom stereocenters. The van der Waals surface area contributed by atoms with Crippen molar-refractivity contribution in [3.63, 3.8) is 0 Å². The van der Waals surface area contributed by atoms with Crippen molar-refractivity contribution in [3.8, 4) is 0 Å². The highest BCUT2D eigenvalue weighted by molar-refractivity contribution is 5.04. The van der Waals surface area contributed by atoms with Crippen LogP contribution in [0.1, 0.15) is 46.1 Å². The zero-order valence-electron chi connectivity index (χ0n) is 13.1. The van der Waals surface area contributed by atoms with Crippen LogP contribution in [0.15, 0.2) is 12.4 Å². The van der Waals surface area contributed by atoms with Gasteiger partial charge in [0.2, 0.25) is 0 Å². The van der Waals surface area contributed by atoms with E-state index in [0.29, 0.717) is 6.04 Å². The molecular weight excluding hydrogens is 238 g/mol. The van der Waals surface area contributed by atoms with Gasteiger partial charge in [0.15, 0.2) is 0 Å². The normalized spacial score (nSPS) is 13.7. The van der Waals surface area contributed by atoms with Crippen LogP contribution in [0.25, 0.3) is 0 Å². The summed E-state index contributed by atoms with van der Waals surface area (Å²) in [4.78, 5) is 0. The molecule has 0 radical (unpaired) electrons. The zero-order chi connectivity index (χ0) is 14.3. The number of rotatable bonds is 9. The zero-order valence-corrected chi connectivity index (χ0v) is 13.1. The first-order valence-corrected chi connectivity index (χ1v) is 7.34. The predicted molar refractivity (Wildman–Crippen MR) is 79.3 cm³/mol. The smallest absolute Gasteiger partial charge is 0.0778 e. The summed E-state index contributed by atoms with van der Waals surface area (Å²) in [5.74, 6) is 0. The monoisotopic (exact) mass is 267 g/mol. The van der Waals surface area contributed by atoms with Crippen LogP contribution in [-0.4, -0.2) is 34.6 Å². The van der Waals surface area contributed by atoms with E-state index in [9.17, 15) is 0 Å². The second kappa shape index (κ2) is 7.65. The molecule has 4 heteroatoms. The maximum atomic E-state index is 5.90. The summed E-state index contributed by atoms with van der Waals surface area (Å²) in [5.41, 5.74) is 1.16. The molecule has 0 spiro atoms. The Bertz CT molecular complexity index is 360. The van der Waals surface area contributed by atoms with Crippen molar-refractivity contribution in [2.24, 2.45) is 7.05 Å². The maximum Gasteiger partial charge on any atom is 0.0778 e. The first-order chi connectivity index (χ1) is 8.99. The van der Waals surface area contributed by atoms with Crippen LogP contribution in [0.3, 0.4) is 0 Å². The van der Waals surface area contributed by atoms with Gasteiger partial charge in [-0.05, 0) is 52.1 Å². The van der Waals surface area contributed by atoms with Gasteiger partial charge >= 0.3 is 0 Å². The van der Waals surface area contributed by atoms with E-state index >= 15 is 0 Å². The fraction of sp³-hybridized carbons (Fsp3) is 0.800. The molecule has 0 aliphatic heterocycles. The van der Waals surface area contributed by atoms with Gasteiger partial charge in [0.1, 0.15) is 0 Å². The molecule has 1 rings (SSSR count).